The molecule has 0 spiro atoms. The lowest BCUT2D eigenvalue weighted by Gasteiger charge is -2.25. The van der Waals surface area contributed by atoms with E-state index in [1.807, 2.05) is 52.0 Å². The molecule has 1 saturated heterocycles. The first-order chi connectivity index (χ1) is 15.7. The van der Waals surface area contributed by atoms with Gasteiger partial charge < -0.3 is 19.5 Å². The predicted octanol–water partition coefficient (Wildman–Crippen LogP) is 5.28. The Balaban J connectivity index is 2.03. The summed E-state index contributed by atoms with van der Waals surface area (Å²) in [5.41, 5.74) is 2.21. The van der Waals surface area contributed by atoms with E-state index in [9.17, 15) is 14.7 Å². The average Bonchev–Trinajstić information content (AvgIpc) is 3.03. The average molecular weight is 472 g/mol. The lowest BCUT2D eigenvalue weighted by Crippen LogP contribution is -2.31. The van der Waals surface area contributed by atoms with Crippen LogP contribution < -0.4 is 4.74 Å². The van der Waals surface area contributed by atoms with E-state index in [4.69, 9.17) is 21.1 Å². The molecule has 1 aliphatic heterocycles. The Bertz CT molecular complexity index is 1050. The fraction of sp³-hybridized carbons (Fsp3) is 0.385. The molecule has 0 unspecified atom stereocenters. The number of ether oxygens (including phenoxy) is 2. The second-order valence-electron chi connectivity index (χ2n) is 8.25. The van der Waals surface area contributed by atoms with Crippen LogP contribution in [-0.2, 0) is 14.3 Å². The summed E-state index contributed by atoms with van der Waals surface area (Å²) >= 11 is 6.30. The third kappa shape index (κ3) is 5.57. The van der Waals surface area contributed by atoms with Crippen LogP contribution in [0.5, 0.6) is 5.75 Å². The lowest BCUT2D eigenvalue weighted by atomic mass is 9.94. The normalized spacial score (nSPS) is 17.8. The molecule has 1 aliphatic rings. The number of benzene rings is 2. The number of carbonyl (C=O) groups excluding carboxylic acids is 2. The molecule has 0 bridgehead atoms. The molecule has 0 saturated carbocycles. The summed E-state index contributed by atoms with van der Waals surface area (Å²) in [4.78, 5) is 27.6. The van der Waals surface area contributed by atoms with Gasteiger partial charge >= 0.3 is 0 Å². The number of hydrogen-bond acceptors (Lipinski definition) is 5. The fourth-order valence-electron chi connectivity index (χ4n) is 3.84. The number of hydrogen-bond donors (Lipinski definition) is 1. The Hall–Kier alpha value is -2.83. The number of likely N-dealkylation sites (tertiary alicyclic amines) is 1. The summed E-state index contributed by atoms with van der Waals surface area (Å²) in [5, 5.41) is 11.5. The van der Waals surface area contributed by atoms with E-state index in [0.717, 1.165) is 11.1 Å². The number of ketones is 1. The molecule has 1 fully saturated rings. The van der Waals surface area contributed by atoms with Gasteiger partial charge in [-0.05, 0) is 57.9 Å². The van der Waals surface area contributed by atoms with Crippen LogP contribution in [0, 0.1) is 6.92 Å². The monoisotopic (exact) mass is 471 g/mol. The van der Waals surface area contributed by atoms with Gasteiger partial charge in [0.1, 0.15) is 11.5 Å². The third-order valence-electron chi connectivity index (χ3n) is 5.43. The van der Waals surface area contributed by atoms with E-state index >= 15 is 0 Å². The van der Waals surface area contributed by atoms with E-state index in [2.05, 4.69) is 0 Å². The molecule has 1 heterocycles. The number of Topliss-reactive ketones (excluding diaryl/α,β-unsaturated/α-hetero) is 1. The molecular weight excluding hydrogens is 442 g/mol. The Morgan fingerprint density at radius 3 is 2.45 bits per heavy atom. The topological polar surface area (TPSA) is 76.1 Å². The Morgan fingerprint density at radius 1 is 1.15 bits per heavy atom. The maximum Gasteiger partial charge on any atom is 0.295 e. The number of carbonyl (C=O) groups is 2. The molecule has 0 aliphatic carbocycles. The van der Waals surface area contributed by atoms with Crippen molar-refractivity contribution in [2.45, 2.75) is 46.3 Å². The van der Waals surface area contributed by atoms with Crippen LogP contribution in [0.3, 0.4) is 0 Å². The Labute approximate surface area is 199 Å². The molecule has 6 nitrogen and oxygen atoms in total. The summed E-state index contributed by atoms with van der Waals surface area (Å²) in [6.45, 7) is 8.95. The number of aryl methyl sites for hydroxylation is 1. The highest BCUT2D eigenvalue weighted by atomic mass is 35.5. The predicted molar refractivity (Wildman–Crippen MR) is 129 cm³/mol. The smallest absolute Gasteiger partial charge is 0.295 e. The van der Waals surface area contributed by atoms with Crippen molar-refractivity contribution in [3.8, 4) is 5.75 Å². The molecular formula is C26H30ClNO5. The van der Waals surface area contributed by atoms with Gasteiger partial charge in [-0.3, -0.25) is 9.59 Å². The van der Waals surface area contributed by atoms with Crippen LogP contribution in [0.15, 0.2) is 48.0 Å². The standard InChI is InChI=1S/C26H30ClNO5/c1-5-32-21-12-11-19(15-20(21)27)24(29)22-23(18-9-7-17(4)8-10-18)28(26(31)25(22)30)13-6-14-33-16(2)3/h7-12,15-16,23,29H,5-6,13-14H2,1-4H3/t23-/m1/s1. The van der Waals surface area contributed by atoms with Crippen LogP contribution in [0.1, 0.15) is 49.9 Å². The molecule has 2 aromatic rings. The first kappa shape index (κ1) is 24.8. The minimum Gasteiger partial charge on any atom is -0.507 e. The molecule has 1 atom stereocenters. The molecule has 2 aromatic carbocycles. The largest absolute Gasteiger partial charge is 0.507 e. The van der Waals surface area contributed by atoms with Gasteiger partial charge in [0.25, 0.3) is 11.7 Å². The first-order valence-electron chi connectivity index (χ1n) is 11.1. The van der Waals surface area contributed by atoms with Crippen molar-refractivity contribution in [2.24, 2.45) is 0 Å². The van der Waals surface area contributed by atoms with E-state index in [0.29, 0.717) is 42.5 Å². The van der Waals surface area contributed by atoms with Crippen molar-refractivity contribution in [3.05, 3.63) is 69.8 Å². The van der Waals surface area contributed by atoms with Crippen molar-refractivity contribution in [1.82, 2.24) is 4.90 Å². The third-order valence-corrected chi connectivity index (χ3v) is 5.73. The van der Waals surface area contributed by atoms with Gasteiger partial charge in [-0.2, -0.15) is 0 Å². The quantitative estimate of drug-likeness (QED) is 0.233. The maximum atomic E-state index is 13.1. The van der Waals surface area contributed by atoms with Gasteiger partial charge in [-0.25, -0.2) is 0 Å². The highest BCUT2D eigenvalue weighted by Gasteiger charge is 2.45. The summed E-state index contributed by atoms with van der Waals surface area (Å²) < 4.78 is 11.1. The minimum absolute atomic E-state index is 0.0499. The zero-order valence-electron chi connectivity index (χ0n) is 19.4. The van der Waals surface area contributed by atoms with Gasteiger partial charge in [-0.1, -0.05) is 41.4 Å². The SMILES string of the molecule is CCOc1ccc(C(O)=C2C(=O)C(=O)N(CCCOC(C)C)[C@@H]2c2ccc(C)cc2)cc1Cl. The highest BCUT2D eigenvalue weighted by molar-refractivity contribution is 6.46. The van der Waals surface area contributed by atoms with Gasteiger partial charge in [-0.15, -0.1) is 0 Å². The van der Waals surface area contributed by atoms with Gasteiger partial charge in [0.2, 0.25) is 0 Å². The summed E-state index contributed by atoms with van der Waals surface area (Å²) in [6.07, 6.45) is 0.653. The second kappa shape index (κ2) is 10.9. The molecule has 7 heteroatoms. The van der Waals surface area contributed by atoms with Gasteiger partial charge in [0.05, 0.1) is 29.3 Å². The summed E-state index contributed by atoms with van der Waals surface area (Å²) in [5.74, 6) is -1.13. The van der Waals surface area contributed by atoms with E-state index < -0.39 is 17.7 Å². The Morgan fingerprint density at radius 2 is 1.85 bits per heavy atom. The van der Waals surface area contributed by atoms with Crippen LogP contribution in [-0.4, -0.2) is 47.6 Å². The lowest BCUT2D eigenvalue weighted by molar-refractivity contribution is -0.140. The van der Waals surface area contributed by atoms with Crippen molar-refractivity contribution in [3.63, 3.8) is 0 Å². The van der Waals surface area contributed by atoms with Crippen LogP contribution >= 0.6 is 11.6 Å². The van der Waals surface area contributed by atoms with Crippen molar-refractivity contribution < 1.29 is 24.2 Å². The van der Waals surface area contributed by atoms with Crippen molar-refractivity contribution >= 4 is 29.1 Å². The molecule has 0 aromatic heterocycles. The zero-order valence-corrected chi connectivity index (χ0v) is 20.2. The maximum absolute atomic E-state index is 13.1. The van der Waals surface area contributed by atoms with Crippen molar-refractivity contribution in [1.29, 1.82) is 0 Å². The zero-order chi connectivity index (χ0) is 24.1. The number of nitrogens with zero attached hydrogens (tertiary/aromatic N) is 1. The molecule has 1 N–H and O–H groups in total. The number of rotatable bonds is 9. The Kier molecular flexibility index (Phi) is 8.16. The van der Waals surface area contributed by atoms with Crippen LogP contribution in [0.25, 0.3) is 5.76 Å². The van der Waals surface area contributed by atoms with Gasteiger partial charge in [0, 0.05) is 18.7 Å². The second-order valence-corrected chi connectivity index (χ2v) is 8.66. The molecule has 33 heavy (non-hydrogen) atoms. The molecule has 0 radical (unpaired) electrons. The summed E-state index contributed by atoms with van der Waals surface area (Å²) in [6, 6.07) is 11.7. The number of halogens is 1. The first-order valence-corrected chi connectivity index (χ1v) is 11.5. The van der Waals surface area contributed by atoms with Crippen molar-refractivity contribution in [2.75, 3.05) is 19.8 Å². The fourth-order valence-corrected chi connectivity index (χ4v) is 4.07. The van der Waals surface area contributed by atoms with E-state index in [-0.39, 0.29) is 17.4 Å². The van der Waals surface area contributed by atoms with E-state index in [1.54, 1.807) is 12.1 Å². The van der Waals surface area contributed by atoms with Crippen LogP contribution in [0.2, 0.25) is 5.02 Å². The van der Waals surface area contributed by atoms with E-state index in [1.165, 1.54) is 11.0 Å². The van der Waals surface area contributed by atoms with Crippen LogP contribution in [0.4, 0.5) is 0 Å². The molecule has 3 rings (SSSR count). The highest BCUT2D eigenvalue weighted by Crippen LogP contribution is 2.40. The van der Waals surface area contributed by atoms with Gasteiger partial charge in [0.15, 0.2) is 0 Å². The summed E-state index contributed by atoms with van der Waals surface area (Å²) in [7, 11) is 0. The number of aliphatic hydroxyl groups excluding tert-OH is 1. The molecule has 176 valence electrons. The molecule has 1 amide bonds. The minimum atomic E-state index is -0.715. The number of aliphatic hydroxyl groups is 1. The number of amides is 1.